The molecule has 0 saturated carbocycles. The minimum Gasteiger partial charge on any atom is -0.493 e. The van der Waals surface area contributed by atoms with Crippen molar-refractivity contribution in [3.8, 4) is 11.5 Å². The van der Waals surface area contributed by atoms with Gasteiger partial charge in [-0.2, -0.15) is 0 Å². The molecule has 0 saturated heterocycles. The van der Waals surface area contributed by atoms with Crippen LogP contribution in [0.4, 0.5) is 0 Å². The summed E-state index contributed by atoms with van der Waals surface area (Å²) in [4.78, 5) is 38.4. The van der Waals surface area contributed by atoms with Crippen LogP contribution in [-0.2, 0) is 22.6 Å². The average Bonchev–Trinajstić information content (AvgIpc) is 2.74. The molecule has 3 aromatic rings. The molecular formula is C21H22N2O6. The third-order valence-electron chi connectivity index (χ3n) is 4.51. The Balaban J connectivity index is 2.29. The van der Waals surface area contributed by atoms with Crippen molar-refractivity contribution in [3.63, 3.8) is 0 Å². The van der Waals surface area contributed by atoms with E-state index >= 15 is 0 Å². The van der Waals surface area contributed by atoms with E-state index in [0.29, 0.717) is 11.5 Å². The molecule has 1 aromatic heterocycles. The van der Waals surface area contributed by atoms with E-state index < -0.39 is 17.2 Å². The largest absolute Gasteiger partial charge is 0.493 e. The number of esters is 1. The zero-order valence-electron chi connectivity index (χ0n) is 16.5. The maximum atomic E-state index is 13.1. The van der Waals surface area contributed by atoms with Gasteiger partial charge >= 0.3 is 11.7 Å². The molecule has 0 aliphatic heterocycles. The topological polar surface area (TPSA) is 88.8 Å². The number of aromatic nitrogens is 2. The van der Waals surface area contributed by atoms with Gasteiger partial charge in [-0.1, -0.05) is 30.3 Å². The normalized spacial score (nSPS) is 10.7. The van der Waals surface area contributed by atoms with Crippen molar-refractivity contribution in [2.24, 2.45) is 0 Å². The maximum Gasteiger partial charge on any atom is 0.332 e. The number of fused-ring (bicyclic) bond motifs is 1. The summed E-state index contributed by atoms with van der Waals surface area (Å²) in [5, 5.41) is 0.238. The summed E-state index contributed by atoms with van der Waals surface area (Å²) in [7, 11) is 2.91. The minimum atomic E-state index is -0.605. The number of carbonyl (C=O) groups is 1. The molecule has 0 N–H and O–H groups in total. The zero-order chi connectivity index (χ0) is 21.0. The molecule has 0 spiro atoms. The molecule has 152 valence electrons. The van der Waals surface area contributed by atoms with Gasteiger partial charge in [-0.15, -0.1) is 0 Å². The first-order valence-corrected chi connectivity index (χ1v) is 9.09. The number of methoxy groups -OCH3 is 2. The molecule has 0 atom stereocenters. The van der Waals surface area contributed by atoms with Crippen LogP contribution in [-0.4, -0.2) is 35.9 Å². The Kier molecular flexibility index (Phi) is 6.01. The Bertz CT molecular complexity index is 1150. The van der Waals surface area contributed by atoms with E-state index in [-0.39, 0.29) is 30.6 Å². The van der Waals surface area contributed by atoms with Gasteiger partial charge < -0.3 is 14.2 Å². The van der Waals surface area contributed by atoms with Gasteiger partial charge in [0, 0.05) is 6.07 Å². The highest BCUT2D eigenvalue weighted by Gasteiger charge is 2.19. The number of ether oxygens (including phenoxy) is 3. The fourth-order valence-corrected chi connectivity index (χ4v) is 3.14. The van der Waals surface area contributed by atoms with Crippen molar-refractivity contribution in [3.05, 3.63) is 68.9 Å². The van der Waals surface area contributed by atoms with Gasteiger partial charge in [0.05, 0.1) is 38.3 Å². The molecule has 0 bridgehead atoms. The number of nitrogens with zero attached hydrogens (tertiary/aromatic N) is 2. The van der Waals surface area contributed by atoms with Crippen LogP contribution >= 0.6 is 0 Å². The van der Waals surface area contributed by atoms with E-state index in [1.807, 2.05) is 30.3 Å². The summed E-state index contributed by atoms with van der Waals surface area (Å²) < 4.78 is 17.9. The predicted molar refractivity (Wildman–Crippen MR) is 108 cm³/mol. The summed E-state index contributed by atoms with van der Waals surface area (Å²) in [6.07, 6.45) is 0. The van der Waals surface area contributed by atoms with Crippen LogP contribution in [0.1, 0.15) is 12.5 Å². The average molecular weight is 398 g/mol. The molecule has 2 aromatic carbocycles. The van der Waals surface area contributed by atoms with Crippen LogP contribution in [0, 0.1) is 0 Å². The monoisotopic (exact) mass is 398 g/mol. The van der Waals surface area contributed by atoms with Crippen molar-refractivity contribution in [1.29, 1.82) is 0 Å². The standard InChI is InChI=1S/C21H22N2O6/c1-4-29-19(24)13-22-16-11-18(28-3)17(27-2)10-15(16)20(25)23(21(22)26)12-14-8-6-5-7-9-14/h5-11H,4,12-13H2,1-3H3. The highest BCUT2D eigenvalue weighted by atomic mass is 16.5. The number of carbonyl (C=O) groups excluding carboxylic acids is 1. The van der Waals surface area contributed by atoms with E-state index in [4.69, 9.17) is 14.2 Å². The SMILES string of the molecule is CCOC(=O)Cn1c(=O)n(Cc2ccccc2)c(=O)c2cc(OC)c(OC)cc21. The van der Waals surface area contributed by atoms with E-state index in [1.54, 1.807) is 6.92 Å². The minimum absolute atomic E-state index is 0.0750. The quantitative estimate of drug-likeness (QED) is 0.564. The summed E-state index contributed by atoms with van der Waals surface area (Å²) in [5.74, 6) is 0.123. The molecule has 0 unspecified atom stereocenters. The Morgan fingerprint density at radius 3 is 2.24 bits per heavy atom. The zero-order valence-corrected chi connectivity index (χ0v) is 16.5. The van der Waals surface area contributed by atoms with Crippen molar-refractivity contribution in [2.45, 2.75) is 20.0 Å². The summed E-state index contributed by atoms with van der Waals surface area (Å²) in [6.45, 7) is 1.62. The van der Waals surface area contributed by atoms with Gasteiger partial charge in [0.25, 0.3) is 5.56 Å². The van der Waals surface area contributed by atoms with Crippen LogP contribution in [0.5, 0.6) is 11.5 Å². The summed E-state index contributed by atoms with van der Waals surface area (Å²) in [5.41, 5.74) is -0.0224. The third-order valence-corrected chi connectivity index (χ3v) is 4.51. The third kappa shape index (κ3) is 4.01. The maximum absolute atomic E-state index is 13.1. The Hall–Kier alpha value is -3.55. The lowest BCUT2D eigenvalue weighted by Crippen LogP contribution is -2.41. The highest BCUT2D eigenvalue weighted by Crippen LogP contribution is 2.30. The van der Waals surface area contributed by atoms with E-state index in [2.05, 4.69) is 0 Å². The lowest BCUT2D eigenvalue weighted by molar-refractivity contribution is -0.143. The lowest BCUT2D eigenvalue weighted by atomic mass is 10.2. The molecule has 8 nitrogen and oxygen atoms in total. The van der Waals surface area contributed by atoms with Crippen molar-refractivity contribution in [2.75, 3.05) is 20.8 Å². The molecule has 0 amide bonds. The number of hydrogen-bond donors (Lipinski definition) is 0. The molecule has 8 heteroatoms. The van der Waals surface area contributed by atoms with E-state index in [0.717, 1.165) is 10.1 Å². The molecular weight excluding hydrogens is 376 g/mol. The van der Waals surface area contributed by atoms with E-state index in [1.165, 1.54) is 30.9 Å². The molecule has 3 rings (SSSR count). The Morgan fingerprint density at radius 2 is 1.62 bits per heavy atom. The molecule has 0 fully saturated rings. The van der Waals surface area contributed by atoms with Crippen LogP contribution in [0.3, 0.4) is 0 Å². The van der Waals surface area contributed by atoms with Gasteiger partial charge in [-0.05, 0) is 18.6 Å². The van der Waals surface area contributed by atoms with Crippen molar-refractivity contribution >= 4 is 16.9 Å². The fourth-order valence-electron chi connectivity index (χ4n) is 3.14. The van der Waals surface area contributed by atoms with Crippen LogP contribution in [0.2, 0.25) is 0 Å². The second kappa shape index (κ2) is 8.64. The molecule has 0 aliphatic rings. The second-order valence-electron chi connectivity index (χ2n) is 6.27. The molecule has 1 heterocycles. The van der Waals surface area contributed by atoms with Gasteiger partial charge in [0.2, 0.25) is 0 Å². The highest BCUT2D eigenvalue weighted by molar-refractivity contribution is 5.83. The number of rotatable bonds is 7. The van der Waals surface area contributed by atoms with Crippen LogP contribution < -0.4 is 20.7 Å². The van der Waals surface area contributed by atoms with Crippen molar-refractivity contribution < 1.29 is 19.0 Å². The second-order valence-corrected chi connectivity index (χ2v) is 6.27. The Labute approximate surface area is 166 Å². The van der Waals surface area contributed by atoms with Gasteiger partial charge in [-0.3, -0.25) is 18.7 Å². The van der Waals surface area contributed by atoms with E-state index in [9.17, 15) is 14.4 Å². The summed E-state index contributed by atoms with van der Waals surface area (Å²) in [6, 6.07) is 12.2. The molecule has 0 radical (unpaired) electrons. The number of benzene rings is 2. The first kappa shape index (κ1) is 20.2. The summed E-state index contributed by atoms with van der Waals surface area (Å²) >= 11 is 0. The first-order chi connectivity index (χ1) is 14.0. The smallest absolute Gasteiger partial charge is 0.332 e. The molecule has 29 heavy (non-hydrogen) atoms. The van der Waals surface area contributed by atoms with Crippen LogP contribution in [0.15, 0.2) is 52.1 Å². The number of hydrogen-bond acceptors (Lipinski definition) is 6. The molecule has 0 aliphatic carbocycles. The van der Waals surface area contributed by atoms with Gasteiger partial charge in [0.1, 0.15) is 6.54 Å². The van der Waals surface area contributed by atoms with Crippen LogP contribution in [0.25, 0.3) is 10.9 Å². The first-order valence-electron chi connectivity index (χ1n) is 9.09. The fraction of sp³-hybridized carbons (Fsp3) is 0.286. The lowest BCUT2D eigenvalue weighted by Gasteiger charge is -2.16. The Morgan fingerprint density at radius 1 is 0.966 bits per heavy atom. The van der Waals surface area contributed by atoms with Gasteiger partial charge in [-0.25, -0.2) is 4.79 Å². The van der Waals surface area contributed by atoms with Gasteiger partial charge in [0.15, 0.2) is 11.5 Å². The van der Waals surface area contributed by atoms with Crippen molar-refractivity contribution in [1.82, 2.24) is 9.13 Å². The predicted octanol–water partition coefficient (Wildman–Crippen LogP) is 1.79.